The Hall–Kier alpha value is -3.32. The maximum absolute atomic E-state index is 12.2. The molecule has 1 amide bonds. The van der Waals surface area contributed by atoms with E-state index in [0.717, 1.165) is 35.5 Å². The summed E-state index contributed by atoms with van der Waals surface area (Å²) in [6, 6.07) is 13.7. The summed E-state index contributed by atoms with van der Waals surface area (Å²) < 4.78 is 7.95. The highest BCUT2D eigenvalue weighted by molar-refractivity contribution is 6.31. The van der Waals surface area contributed by atoms with Crippen LogP contribution in [0.5, 0.6) is 5.75 Å². The third-order valence-electron chi connectivity index (χ3n) is 5.03. The molecule has 0 fully saturated rings. The Bertz CT molecular complexity index is 1060. The van der Waals surface area contributed by atoms with Crippen molar-refractivity contribution in [1.29, 1.82) is 0 Å². The minimum atomic E-state index is -1.08. The van der Waals surface area contributed by atoms with Gasteiger partial charge in [-0.2, -0.15) is 5.10 Å². The van der Waals surface area contributed by atoms with Gasteiger partial charge in [-0.25, -0.2) is 4.68 Å². The predicted octanol–water partition coefficient (Wildman–Crippen LogP) is 4.96. The lowest BCUT2D eigenvalue weighted by molar-refractivity contribution is -0.138. The van der Waals surface area contributed by atoms with Gasteiger partial charge in [0.1, 0.15) is 17.9 Å². The van der Waals surface area contributed by atoms with Crippen LogP contribution in [0.3, 0.4) is 0 Å². The van der Waals surface area contributed by atoms with Gasteiger partial charge in [-0.05, 0) is 62.2 Å². The van der Waals surface area contributed by atoms with E-state index in [-0.39, 0.29) is 6.10 Å². The Morgan fingerprint density at radius 2 is 1.81 bits per heavy atom. The molecule has 2 atom stereocenters. The number of carboxylic acids is 1. The Morgan fingerprint density at radius 3 is 2.34 bits per heavy atom. The number of ether oxygens (including phenoxy) is 1. The fourth-order valence-electron chi connectivity index (χ4n) is 3.16. The number of carboxylic acid groups (broad SMARTS) is 1. The molecule has 0 aliphatic carbocycles. The Labute approximate surface area is 192 Å². The third-order valence-corrected chi connectivity index (χ3v) is 5.40. The average Bonchev–Trinajstić information content (AvgIpc) is 3.12. The summed E-state index contributed by atoms with van der Waals surface area (Å²) in [5.41, 5.74) is 2.98. The van der Waals surface area contributed by atoms with Gasteiger partial charge < -0.3 is 15.2 Å². The largest absolute Gasteiger partial charge is 0.486 e. The van der Waals surface area contributed by atoms with Crippen molar-refractivity contribution < 1.29 is 19.4 Å². The molecule has 0 bridgehead atoms. The van der Waals surface area contributed by atoms with Crippen LogP contribution in [0, 0.1) is 6.92 Å². The second kappa shape index (κ2) is 10.3. The zero-order chi connectivity index (χ0) is 23.3. The Morgan fingerprint density at radius 1 is 1.16 bits per heavy atom. The van der Waals surface area contributed by atoms with E-state index in [1.807, 2.05) is 43.3 Å². The number of carbonyl (C=O) groups is 2. The zero-order valence-electron chi connectivity index (χ0n) is 18.2. The fourth-order valence-corrected chi connectivity index (χ4v) is 3.29. The number of rotatable bonds is 9. The van der Waals surface area contributed by atoms with Crippen LogP contribution in [0.15, 0.2) is 54.7 Å². The first-order valence-corrected chi connectivity index (χ1v) is 10.8. The van der Waals surface area contributed by atoms with E-state index >= 15 is 0 Å². The van der Waals surface area contributed by atoms with E-state index in [0.29, 0.717) is 10.6 Å². The summed E-state index contributed by atoms with van der Waals surface area (Å²) >= 11 is 6.09. The smallest absolute Gasteiger partial charge is 0.325 e. The quantitative estimate of drug-likeness (QED) is 0.475. The highest BCUT2D eigenvalue weighted by Crippen LogP contribution is 2.27. The Balaban J connectivity index is 1.71. The normalized spacial score (nSPS) is 12.8. The van der Waals surface area contributed by atoms with Crippen LogP contribution in [0.1, 0.15) is 54.4 Å². The van der Waals surface area contributed by atoms with E-state index in [1.54, 1.807) is 23.0 Å². The highest BCUT2D eigenvalue weighted by Gasteiger charge is 2.17. The monoisotopic (exact) mass is 455 g/mol. The van der Waals surface area contributed by atoms with Gasteiger partial charge >= 0.3 is 5.97 Å². The van der Waals surface area contributed by atoms with Crippen molar-refractivity contribution in [1.82, 2.24) is 15.1 Å². The summed E-state index contributed by atoms with van der Waals surface area (Å²) in [6.07, 6.45) is 3.31. The van der Waals surface area contributed by atoms with Crippen molar-refractivity contribution >= 4 is 23.5 Å². The van der Waals surface area contributed by atoms with Crippen LogP contribution in [-0.2, 0) is 4.79 Å². The standard InChI is InChI=1S/C24H26ClN3O4/c1-4-5-22(17-6-8-18(9-7-17)23(29)26-16(3)24(30)31)32-20-12-10-19(11-13-20)28-14-21(25)15(2)27-28/h6-14,16,22H,4-5H2,1-3H3,(H,26,29)(H,30,31). The SMILES string of the molecule is CCCC(Oc1ccc(-n2cc(Cl)c(C)n2)cc1)c1ccc(C(=O)NC(C)C(=O)O)cc1. The summed E-state index contributed by atoms with van der Waals surface area (Å²) in [4.78, 5) is 23.1. The predicted molar refractivity (Wildman–Crippen MR) is 123 cm³/mol. The molecule has 1 heterocycles. The maximum atomic E-state index is 12.2. The molecule has 8 heteroatoms. The molecule has 1 aromatic heterocycles. The molecule has 32 heavy (non-hydrogen) atoms. The molecule has 3 aromatic rings. The maximum Gasteiger partial charge on any atom is 0.325 e. The minimum Gasteiger partial charge on any atom is -0.486 e. The molecule has 7 nitrogen and oxygen atoms in total. The van der Waals surface area contributed by atoms with Gasteiger partial charge in [-0.1, -0.05) is 37.1 Å². The summed E-state index contributed by atoms with van der Waals surface area (Å²) in [5.74, 6) is -0.786. The summed E-state index contributed by atoms with van der Waals surface area (Å²) in [7, 11) is 0. The second-order valence-corrected chi connectivity index (χ2v) is 7.96. The van der Waals surface area contributed by atoms with E-state index < -0.39 is 17.9 Å². The lowest BCUT2D eigenvalue weighted by Crippen LogP contribution is -2.38. The van der Waals surface area contributed by atoms with Crippen LogP contribution < -0.4 is 10.1 Å². The van der Waals surface area contributed by atoms with E-state index in [4.69, 9.17) is 21.4 Å². The van der Waals surface area contributed by atoms with E-state index in [1.165, 1.54) is 6.92 Å². The van der Waals surface area contributed by atoms with Gasteiger partial charge in [-0.3, -0.25) is 9.59 Å². The molecule has 0 radical (unpaired) electrons. The third kappa shape index (κ3) is 5.68. The molecule has 3 rings (SSSR count). The molecule has 168 valence electrons. The van der Waals surface area contributed by atoms with Gasteiger partial charge in [0.2, 0.25) is 0 Å². The summed E-state index contributed by atoms with van der Waals surface area (Å²) in [5, 5.41) is 16.4. The molecule has 0 saturated heterocycles. The van der Waals surface area contributed by atoms with Gasteiger partial charge in [0.05, 0.1) is 16.4 Å². The minimum absolute atomic E-state index is 0.178. The average molecular weight is 456 g/mol. The number of nitrogens with zero attached hydrogens (tertiary/aromatic N) is 2. The van der Waals surface area contributed by atoms with E-state index in [9.17, 15) is 9.59 Å². The molecule has 2 N–H and O–H groups in total. The van der Waals surface area contributed by atoms with Gasteiger partial charge in [-0.15, -0.1) is 0 Å². The number of hydrogen-bond donors (Lipinski definition) is 2. The molecule has 0 aliphatic rings. The number of hydrogen-bond acceptors (Lipinski definition) is 4. The molecule has 2 unspecified atom stereocenters. The number of aromatic nitrogens is 2. The van der Waals surface area contributed by atoms with Crippen LogP contribution in [0.4, 0.5) is 0 Å². The molecule has 2 aromatic carbocycles. The molecule has 0 saturated carbocycles. The van der Waals surface area contributed by atoms with Crippen LogP contribution in [0.2, 0.25) is 5.02 Å². The van der Waals surface area contributed by atoms with Crippen molar-refractivity contribution in [3.05, 3.63) is 76.6 Å². The first-order valence-electron chi connectivity index (χ1n) is 10.4. The van der Waals surface area contributed by atoms with Crippen molar-refractivity contribution in [2.24, 2.45) is 0 Å². The van der Waals surface area contributed by atoms with Crippen molar-refractivity contribution in [2.75, 3.05) is 0 Å². The lowest BCUT2D eigenvalue weighted by atomic mass is 10.0. The molecular weight excluding hydrogens is 430 g/mol. The first-order chi connectivity index (χ1) is 15.3. The van der Waals surface area contributed by atoms with Gasteiger partial charge in [0.15, 0.2) is 0 Å². The number of amides is 1. The van der Waals surface area contributed by atoms with Crippen molar-refractivity contribution in [3.8, 4) is 11.4 Å². The molecule has 0 aliphatic heterocycles. The zero-order valence-corrected chi connectivity index (χ0v) is 19.0. The van der Waals surface area contributed by atoms with E-state index in [2.05, 4.69) is 17.3 Å². The first kappa shape index (κ1) is 23.3. The number of aliphatic carboxylic acids is 1. The van der Waals surface area contributed by atoms with Gasteiger partial charge in [0, 0.05) is 11.8 Å². The number of benzene rings is 2. The van der Waals surface area contributed by atoms with Crippen molar-refractivity contribution in [3.63, 3.8) is 0 Å². The summed E-state index contributed by atoms with van der Waals surface area (Å²) in [6.45, 7) is 5.36. The number of halogens is 1. The molecule has 0 spiro atoms. The number of aryl methyl sites for hydroxylation is 1. The van der Waals surface area contributed by atoms with Crippen LogP contribution in [0.25, 0.3) is 5.69 Å². The topological polar surface area (TPSA) is 93.5 Å². The van der Waals surface area contributed by atoms with Gasteiger partial charge in [0.25, 0.3) is 5.91 Å². The fraction of sp³-hybridized carbons (Fsp3) is 0.292. The Kier molecular flexibility index (Phi) is 7.53. The second-order valence-electron chi connectivity index (χ2n) is 7.55. The van der Waals surface area contributed by atoms with Crippen LogP contribution in [-0.4, -0.2) is 32.8 Å². The van der Waals surface area contributed by atoms with Crippen molar-refractivity contribution in [2.45, 2.75) is 45.8 Å². The lowest BCUT2D eigenvalue weighted by Gasteiger charge is -2.20. The van der Waals surface area contributed by atoms with Crippen LogP contribution >= 0.6 is 11.6 Å². The number of nitrogens with one attached hydrogen (secondary N) is 1. The molecular formula is C24H26ClN3O4. The highest BCUT2D eigenvalue weighted by atomic mass is 35.5. The number of carbonyl (C=O) groups excluding carboxylic acids is 1.